The van der Waals surface area contributed by atoms with Gasteiger partial charge in [-0.1, -0.05) is 0 Å². The second kappa shape index (κ2) is 8.08. The third kappa shape index (κ3) is 4.65. The van der Waals surface area contributed by atoms with E-state index in [0.717, 1.165) is 37.1 Å². The second-order valence-corrected chi connectivity index (χ2v) is 6.87. The summed E-state index contributed by atoms with van der Waals surface area (Å²) in [6.45, 7) is 3.74. The lowest BCUT2D eigenvalue weighted by Gasteiger charge is -2.29. The minimum absolute atomic E-state index is 0.0600. The van der Waals surface area contributed by atoms with Crippen molar-refractivity contribution in [2.45, 2.75) is 51.6 Å². The summed E-state index contributed by atoms with van der Waals surface area (Å²) < 4.78 is 0. The number of carbonyl (C=O) groups is 2. The largest absolute Gasteiger partial charge is 0.349 e. The first-order valence-corrected chi connectivity index (χ1v) is 8.98. The topological polar surface area (TPSA) is 84.0 Å². The van der Waals surface area contributed by atoms with Gasteiger partial charge in [0.2, 0.25) is 0 Å². The molecule has 1 aliphatic carbocycles. The maximum Gasteiger partial charge on any atom is 0.251 e. The van der Waals surface area contributed by atoms with Gasteiger partial charge in [-0.05, 0) is 63.8 Å². The number of rotatable bonds is 4. The number of nitrogens with one attached hydrogen (secondary N) is 2. The molecule has 1 saturated carbocycles. The molecule has 0 atom stereocenters. The molecule has 0 unspecified atom stereocenters. The summed E-state index contributed by atoms with van der Waals surface area (Å²) in [5.41, 5.74) is 2.94. The lowest BCUT2D eigenvalue weighted by atomic mass is 9.90. The predicted octanol–water partition coefficient (Wildman–Crippen LogP) is 2.56. The van der Waals surface area contributed by atoms with Crippen molar-refractivity contribution in [3.8, 4) is 0 Å². The van der Waals surface area contributed by atoms with E-state index >= 15 is 0 Å². The Bertz CT molecular complexity index is 730. The fourth-order valence-electron chi connectivity index (χ4n) is 3.29. The molecule has 3 rings (SSSR count). The standard InChI is InChI=1S/C20H24N4O2/c1-13-11-15(7-9-21-13)19(25)23-17-3-5-18(6-4-17)24-20(26)16-8-10-22-14(2)12-16/h7-12,17-18H,3-6H2,1-2H3,(H,23,25)(H,24,26). The monoisotopic (exact) mass is 352 g/mol. The fraction of sp³-hybridized carbons (Fsp3) is 0.400. The first-order chi connectivity index (χ1) is 12.5. The number of amides is 2. The molecule has 2 heterocycles. The van der Waals surface area contributed by atoms with Gasteiger partial charge in [-0.2, -0.15) is 0 Å². The number of carbonyl (C=O) groups excluding carboxylic acids is 2. The SMILES string of the molecule is Cc1cc(C(=O)NC2CCC(NC(=O)c3ccnc(C)c3)CC2)ccn1. The van der Waals surface area contributed by atoms with Crippen molar-refractivity contribution >= 4 is 11.8 Å². The third-order valence-electron chi connectivity index (χ3n) is 4.72. The molecule has 0 bridgehead atoms. The van der Waals surface area contributed by atoms with E-state index in [-0.39, 0.29) is 23.9 Å². The van der Waals surface area contributed by atoms with Gasteiger partial charge in [-0.25, -0.2) is 0 Å². The van der Waals surface area contributed by atoms with E-state index in [9.17, 15) is 9.59 Å². The van der Waals surface area contributed by atoms with Crippen LogP contribution < -0.4 is 10.6 Å². The van der Waals surface area contributed by atoms with E-state index in [1.54, 1.807) is 36.7 Å². The van der Waals surface area contributed by atoms with Crippen molar-refractivity contribution in [1.82, 2.24) is 20.6 Å². The average molecular weight is 352 g/mol. The molecule has 2 amide bonds. The zero-order valence-electron chi connectivity index (χ0n) is 15.2. The second-order valence-electron chi connectivity index (χ2n) is 6.87. The number of pyridine rings is 2. The quantitative estimate of drug-likeness (QED) is 0.886. The van der Waals surface area contributed by atoms with Gasteiger partial charge in [-0.3, -0.25) is 19.6 Å². The van der Waals surface area contributed by atoms with Crippen molar-refractivity contribution in [3.63, 3.8) is 0 Å². The molecule has 2 N–H and O–H groups in total. The van der Waals surface area contributed by atoms with Crippen LogP contribution in [0.15, 0.2) is 36.7 Å². The number of aryl methyl sites for hydroxylation is 2. The smallest absolute Gasteiger partial charge is 0.251 e. The molecular formula is C20H24N4O2. The number of aromatic nitrogens is 2. The Hall–Kier alpha value is -2.76. The van der Waals surface area contributed by atoms with Crippen molar-refractivity contribution in [2.75, 3.05) is 0 Å². The van der Waals surface area contributed by atoms with Gasteiger partial charge in [-0.15, -0.1) is 0 Å². The molecular weight excluding hydrogens is 328 g/mol. The highest BCUT2D eigenvalue weighted by atomic mass is 16.2. The van der Waals surface area contributed by atoms with Crippen LogP contribution in [-0.4, -0.2) is 33.9 Å². The molecule has 2 aromatic heterocycles. The summed E-state index contributed by atoms with van der Waals surface area (Å²) in [4.78, 5) is 32.9. The Kier molecular flexibility index (Phi) is 5.61. The zero-order chi connectivity index (χ0) is 18.5. The molecule has 2 aromatic rings. The summed E-state index contributed by atoms with van der Waals surface area (Å²) >= 11 is 0. The molecule has 0 radical (unpaired) electrons. The van der Waals surface area contributed by atoms with Gasteiger partial charge in [0.25, 0.3) is 11.8 Å². The van der Waals surface area contributed by atoms with Crippen LogP contribution in [0.2, 0.25) is 0 Å². The molecule has 1 aliphatic rings. The first kappa shape index (κ1) is 18.0. The van der Waals surface area contributed by atoms with Gasteiger partial charge in [0.15, 0.2) is 0 Å². The number of nitrogens with zero attached hydrogens (tertiary/aromatic N) is 2. The summed E-state index contributed by atoms with van der Waals surface area (Å²) in [6.07, 6.45) is 6.73. The van der Waals surface area contributed by atoms with Gasteiger partial charge in [0, 0.05) is 47.0 Å². The first-order valence-electron chi connectivity index (χ1n) is 8.98. The molecule has 0 aliphatic heterocycles. The highest BCUT2D eigenvalue weighted by Crippen LogP contribution is 2.19. The van der Waals surface area contributed by atoms with Gasteiger partial charge in [0.05, 0.1) is 0 Å². The summed E-state index contributed by atoms with van der Waals surface area (Å²) in [5, 5.41) is 6.18. The number of hydrogen-bond acceptors (Lipinski definition) is 4. The Morgan fingerprint density at radius 3 is 1.54 bits per heavy atom. The van der Waals surface area contributed by atoms with Crippen molar-refractivity contribution in [2.24, 2.45) is 0 Å². The lowest BCUT2D eigenvalue weighted by Crippen LogP contribution is -2.43. The highest BCUT2D eigenvalue weighted by Gasteiger charge is 2.24. The highest BCUT2D eigenvalue weighted by molar-refractivity contribution is 5.95. The molecule has 1 fully saturated rings. The number of hydrogen-bond donors (Lipinski definition) is 2. The van der Waals surface area contributed by atoms with E-state index in [4.69, 9.17) is 0 Å². The van der Waals surface area contributed by atoms with Crippen LogP contribution in [0.4, 0.5) is 0 Å². The van der Waals surface area contributed by atoms with Crippen LogP contribution in [0.5, 0.6) is 0 Å². The van der Waals surface area contributed by atoms with Crippen LogP contribution in [0.25, 0.3) is 0 Å². The van der Waals surface area contributed by atoms with E-state index in [1.807, 2.05) is 13.8 Å². The summed E-state index contributed by atoms with van der Waals surface area (Å²) in [6, 6.07) is 7.32. The van der Waals surface area contributed by atoms with Crippen LogP contribution in [0.3, 0.4) is 0 Å². The van der Waals surface area contributed by atoms with Crippen LogP contribution in [0, 0.1) is 13.8 Å². The average Bonchev–Trinajstić information content (AvgIpc) is 2.63. The van der Waals surface area contributed by atoms with Gasteiger partial charge in [0.1, 0.15) is 0 Å². The maximum atomic E-state index is 12.3. The Labute approximate surface area is 153 Å². The molecule has 6 nitrogen and oxygen atoms in total. The van der Waals surface area contributed by atoms with E-state index in [2.05, 4.69) is 20.6 Å². The van der Waals surface area contributed by atoms with Crippen molar-refractivity contribution in [1.29, 1.82) is 0 Å². The van der Waals surface area contributed by atoms with Gasteiger partial charge >= 0.3 is 0 Å². The minimum Gasteiger partial charge on any atom is -0.349 e. The van der Waals surface area contributed by atoms with Crippen LogP contribution in [0.1, 0.15) is 57.8 Å². The van der Waals surface area contributed by atoms with Gasteiger partial charge < -0.3 is 10.6 Å². The zero-order valence-corrected chi connectivity index (χ0v) is 15.2. The molecule has 136 valence electrons. The maximum absolute atomic E-state index is 12.3. The van der Waals surface area contributed by atoms with E-state index in [0.29, 0.717) is 11.1 Å². The molecule has 6 heteroatoms. The minimum atomic E-state index is -0.0600. The molecule has 0 spiro atoms. The predicted molar refractivity (Wildman–Crippen MR) is 98.9 cm³/mol. The Morgan fingerprint density at radius 1 is 0.808 bits per heavy atom. The molecule has 0 aromatic carbocycles. The Balaban J connectivity index is 1.48. The lowest BCUT2D eigenvalue weighted by molar-refractivity contribution is 0.0892. The van der Waals surface area contributed by atoms with Crippen LogP contribution in [-0.2, 0) is 0 Å². The third-order valence-corrected chi connectivity index (χ3v) is 4.72. The van der Waals surface area contributed by atoms with Crippen molar-refractivity contribution in [3.05, 3.63) is 59.2 Å². The van der Waals surface area contributed by atoms with E-state index in [1.165, 1.54) is 0 Å². The van der Waals surface area contributed by atoms with Crippen LogP contribution >= 0.6 is 0 Å². The summed E-state index contributed by atoms with van der Waals surface area (Å²) in [7, 11) is 0. The van der Waals surface area contributed by atoms with E-state index < -0.39 is 0 Å². The molecule has 26 heavy (non-hydrogen) atoms. The van der Waals surface area contributed by atoms with Crippen molar-refractivity contribution < 1.29 is 9.59 Å². The Morgan fingerprint density at radius 2 is 1.19 bits per heavy atom. The summed E-state index contributed by atoms with van der Waals surface area (Å²) in [5.74, 6) is -0.120. The molecule has 0 saturated heterocycles. The fourth-order valence-corrected chi connectivity index (χ4v) is 3.29. The normalized spacial score (nSPS) is 19.6.